The lowest BCUT2D eigenvalue weighted by Gasteiger charge is -2.39. The molecule has 0 radical (unpaired) electrons. The molecule has 0 spiro atoms. The normalized spacial score (nSPS) is 16.3. The van der Waals surface area contributed by atoms with Crippen LogP contribution in [0.3, 0.4) is 0 Å². The van der Waals surface area contributed by atoms with Crippen molar-refractivity contribution in [3.8, 4) is 0 Å². The average molecular weight is 329 g/mol. The number of rotatable bonds is 8. The van der Waals surface area contributed by atoms with E-state index in [0.717, 1.165) is 12.8 Å². The zero-order valence-electron chi connectivity index (χ0n) is 16.1. The summed E-state index contributed by atoms with van der Waals surface area (Å²) in [6, 6.07) is 0. The summed E-state index contributed by atoms with van der Waals surface area (Å²) in [5.74, 6) is 0.0897. The van der Waals surface area contributed by atoms with E-state index < -0.39 is 8.32 Å². The molecule has 0 aromatic rings. The monoisotopic (exact) mass is 328 g/mol. The van der Waals surface area contributed by atoms with Gasteiger partial charge in [0.05, 0.1) is 6.61 Å². The van der Waals surface area contributed by atoms with E-state index >= 15 is 0 Å². The van der Waals surface area contributed by atoms with E-state index in [4.69, 9.17) is 9.16 Å². The Hall–Kier alpha value is -0.613. The molecular formula is C18H36O3Si. The fraction of sp³-hybridized carbons (Fsp3) is 0.833. The van der Waals surface area contributed by atoms with Gasteiger partial charge in [-0.3, -0.25) is 0 Å². The molecule has 0 saturated heterocycles. The molecule has 22 heavy (non-hydrogen) atoms. The number of carbonyl (C=O) groups excluding carboxylic acids is 1. The van der Waals surface area contributed by atoms with Crippen LogP contribution in [-0.2, 0) is 14.0 Å². The van der Waals surface area contributed by atoms with Crippen LogP contribution in [0.15, 0.2) is 11.6 Å². The Morgan fingerprint density at radius 2 is 1.77 bits per heavy atom. The molecule has 0 unspecified atom stereocenters. The third-order valence-electron chi connectivity index (χ3n) is 4.49. The van der Waals surface area contributed by atoms with E-state index in [1.54, 1.807) is 0 Å². The molecule has 2 atom stereocenters. The highest BCUT2D eigenvalue weighted by atomic mass is 28.4. The minimum Gasteiger partial charge on any atom is -0.463 e. The maximum Gasteiger partial charge on any atom is 0.333 e. The molecule has 0 bridgehead atoms. The highest BCUT2D eigenvalue weighted by Crippen LogP contribution is 2.38. The quantitative estimate of drug-likeness (QED) is 0.343. The standard InChI is InChI=1S/C18H36O3Si/c1-10-16(21-22(8,9)18(5,6)7)13-14(3)12-15(4)17(19)20-11-2/h12,14,16H,10-11,13H2,1-9H3/b15-12+/t14-,16-/m1/s1. The molecule has 0 saturated carbocycles. The zero-order chi connectivity index (χ0) is 17.6. The maximum absolute atomic E-state index is 11.7. The van der Waals surface area contributed by atoms with Gasteiger partial charge in [-0.05, 0) is 50.7 Å². The lowest BCUT2D eigenvalue weighted by Crippen LogP contribution is -2.44. The molecule has 4 heteroatoms. The predicted octanol–water partition coefficient (Wildman–Crippen LogP) is 5.32. The minimum atomic E-state index is -1.74. The van der Waals surface area contributed by atoms with Crippen LogP contribution < -0.4 is 0 Å². The highest BCUT2D eigenvalue weighted by Gasteiger charge is 2.38. The summed E-state index contributed by atoms with van der Waals surface area (Å²) in [5, 5.41) is 0.223. The highest BCUT2D eigenvalue weighted by molar-refractivity contribution is 6.74. The van der Waals surface area contributed by atoms with Gasteiger partial charge in [0.25, 0.3) is 0 Å². The molecule has 0 aliphatic heterocycles. The lowest BCUT2D eigenvalue weighted by atomic mass is 10.00. The molecular weight excluding hydrogens is 292 g/mol. The van der Waals surface area contributed by atoms with Gasteiger partial charge in [-0.15, -0.1) is 0 Å². The van der Waals surface area contributed by atoms with Crippen molar-refractivity contribution in [3.05, 3.63) is 11.6 Å². The second kappa shape index (κ2) is 8.87. The van der Waals surface area contributed by atoms with Gasteiger partial charge < -0.3 is 9.16 Å². The van der Waals surface area contributed by atoms with E-state index in [-0.39, 0.29) is 17.1 Å². The smallest absolute Gasteiger partial charge is 0.333 e. The molecule has 0 aromatic carbocycles. The Morgan fingerprint density at radius 3 is 2.18 bits per heavy atom. The molecule has 0 amide bonds. The molecule has 0 N–H and O–H groups in total. The number of carbonyl (C=O) groups is 1. The first-order valence-electron chi connectivity index (χ1n) is 8.48. The van der Waals surface area contributed by atoms with Gasteiger partial charge in [-0.2, -0.15) is 0 Å². The van der Waals surface area contributed by atoms with E-state index in [1.165, 1.54) is 0 Å². The summed E-state index contributed by atoms with van der Waals surface area (Å²) < 4.78 is 11.5. The first kappa shape index (κ1) is 21.4. The van der Waals surface area contributed by atoms with Gasteiger partial charge in [0, 0.05) is 11.7 Å². The van der Waals surface area contributed by atoms with E-state index in [9.17, 15) is 4.79 Å². The Kier molecular flexibility index (Phi) is 8.63. The van der Waals surface area contributed by atoms with Gasteiger partial charge in [-0.1, -0.05) is 40.7 Å². The zero-order valence-corrected chi connectivity index (χ0v) is 17.1. The number of esters is 1. The number of hydrogen-bond donors (Lipinski definition) is 0. The SMILES string of the molecule is CCOC(=O)/C(C)=C/[C@@H](C)C[C@@H](CC)O[Si](C)(C)C(C)(C)C. The Balaban J connectivity index is 4.75. The van der Waals surface area contributed by atoms with Crippen molar-refractivity contribution < 1.29 is 14.0 Å². The summed E-state index contributed by atoms with van der Waals surface area (Å²) in [6.45, 7) is 19.8. The minimum absolute atomic E-state index is 0.215. The number of allylic oxidation sites excluding steroid dienone is 1. The van der Waals surface area contributed by atoms with Crippen molar-refractivity contribution in [2.75, 3.05) is 6.61 Å². The Morgan fingerprint density at radius 1 is 1.23 bits per heavy atom. The number of hydrogen-bond acceptors (Lipinski definition) is 3. The van der Waals surface area contributed by atoms with Crippen molar-refractivity contribution in [2.45, 2.75) is 85.5 Å². The first-order chi connectivity index (χ1) is 9.94. The maximum atomic E-state index is 11.7. The fourth-order valence-corrected chi connectivity index (χ4v) is 3.56. The number of ether oxygens (including phenoxy) is 1. The van der Waals surface area contributed by atoms with E-state index in [2.05, 4.69) is 47.7 Å². The van der Waals surface area contributed by atoms with Crippen LogP contribution in [0.25, 0.3) is 0 Å². The van der Waals surface area contributed by atoms with E-state index in [1.807, 2.05) is 19.9 Å². The van der Waals surface area contributed by atoms with Gasteiger partial charge in [0.15, 0.2) is 8.32 Å². The van der Waals surface area contributed by atoms with Gasteiger partial charge in [0.1, 0.15) is 0 Å². The third-order valence-corrected chi connectivity index (χ3v) is 9.02. The largest absolute Gasteiger partial charge is 0.463 e. The van der Waals surface area contributed by atoms with Gasteiger partial charge >= 0.3 is 5.97 Å². The van der Waals surface area contributed by atoms with Crippen molar-refractivity contribution in [1.82, 2.24) is 0 Å². The van der Waals surface area contributed by atoms with Crippen LogP contribution in [0.4, 0.5) is 0 Å². The van der Waals surface area contributed by atoms with Gasteiger partial charge in [-0.25, -0.2) is 4.79 Å². The Bertz CT molecular complexity index is 380. The van der Waals surface area contributed by atoms with Crippen molar-refractivity contribution in [3.63, 3.8) is 0 Å². The van der Waals surface area contributed by atoms with Crippen LogP contribution in [0.2, 0.25) is 18.1 Å². The first-order valence-corrected chi connectivity index (χ1v) is 11.4. The molecule has 0 rings (SSSR count). The second-order valence-electron chi connectivity index (χ2n) is 7.69. The van der Waals surface area contributed by atoms with Crippen molar-refractivity contribution >= 4 is 14.3 Å². The summed E-state index contributed by atoms with van der Waals surface area (Å²) in [4.78, 5) is 11.7. The molecule has 0 aliphatic carbocycles. The Labute approximate surface area is 138 Å². The fourth-order valence-electron chi connectivity index (χ4n) is 2.11. The topological polar surface area (TPSA) is 35.5 Å². The van der Waals surface area contributed by atoms with Crippen LogP contribution in [0, 0.1) is 5.92 Å². The van der Waals surface area contributed by atoms with Crippen LogP contribution in [0.1, 0.15) is 61.3 Å². The van der Waals surface area contributed by atoms with Crippen molar-refractivity contribution in [1.29, 1.82) is 0 Å². The summed E-state index contributed by atoms with van der Waals surface area (Å²) in [5.41, 5.74) is 0.691. The van der Waals surface area contributed by atoms with Gasteiger partial charge in [0.2, 0.25) is 0 Å². The summed E-state index contributed by atoms with van der Waals surface area (Å²) >= 11 is 0. The van der Waals surface area contributed by atoms with Crippen LogP contribution in [0.5, 0.6) is 0 Å². The molecule has 130 valence electrons. The van der Waals surface area contributed by atoms with Crippen LogP contribution in [-0.4, -0.2) is 27.0 Å². The molecule has 0 heterocycles. The molecule has 3 nitrogen and oxygen atoms in total. The van der Waals surface area contributed by atoms with Crippen molar-refractivity contribution in [2.24, 2.45) is 5.92 Å². The van der Waals surface area contributed by atoms with Crippen LogP contribution >= 0.6 is 0 Å². The molecule has 0 aliphatic rings. The molecule has 0 fully saturated rings. The second-order valence-corrected chi connectivity index (χ2v) is 12.4. The van der Waals surface area contributed by atoms with E-state index in [0.29, 0.717) is 18.1 Å². The lowest BCUT2D eigenvalue weighted by molar-refractivity contribution is -0.138. The molecule has 0 aromatic heterocycles. The summed E-state index contributed by atoms with van der Waals surface area (Å²) in [7, 11) is -1.74. The summed E-state index contributed by atoms with van der Waals surface area (Å²) in [6.07, 6.45) is 4.21. The predicted molar refractivity (Wildman–Crippen MR) is 96.5 cm³/mol. The average Bonchev–Trinajstić information content (AvgIpc) is 2.36. The third kappa shape index (κ3) is 7.10.